The molecule has 0 bridgehead atoms. The lowest BCUT2D eigenvalue weighted by Gasteiger charge is -2.26. The van der Waals surface area contributed by atoms with Crippen molar-refractivity contribution in [1.82, 2.24) is 14.9 Å². The highest BCUT2D eigenvalue weighted by Crippen LogP contribution is 2.38. The summed E-state index contributed by atoms with van der Waals surface area (Å²) in [6, 6.07) is 8.04. The van der Waals surface area contributed by atoms with Crippen LogP contribution in [0.1, 0.15) is 13.3 Å². The Balaban J connectivity index is 1.70. The molecule has 2 N–H and O–H groups in total. The maximum atomic E-state index is 14.4. The number of ether oxygens (including phenoxy) is 2. The molecule has 0 unspecified atom stereocenters. The topological polar surface area (TPSA) is 96.8 Å². The van der Waals surface area contributed by atoms with E-state index < -0.39 is 17.3 Å². The number of nitrogens with one attached hydrogen (secondary N) is 1. The fraction of sp³-hybridized carbons (Fsp3) is 0.318. The molecule has 10 heteroatoms. The van der Waals surface area contributed by atoms with Gasteiger partial charge in [0.05, 0.1) is 23.3 Å². The number of likely N-dealkylation sites (tertiary alicyclic amines) is 1. The molecular formula is C22H22ClFN4O4. The van der Waals surface area contributed by atoms with Crippen molar-refractivity contribution in [3.8, 4) is 11.5 Å². The Labute approximate surface area is 188 Å². The molecule has 8 nitrogen and oxygen atoms in total. The second-order valence-corrected chi connectivity index (χ2v) is 8.28. The van der Waals surface area contributed by atoms with Gasteiger partial charge in [0.1, 0.15) is 23.8 Å². The molecule has 0 radical (unpaired) electrons. The van der Waals surface area contributed by atoms with E-state index in [1.807, 2.05) is 0 Å². The number of halogens is 2. The van der Waals surface area contributed by atoms with E-state index in [1.165, 1.54) is 19.5 Å². The van der Waals surface area contributed by atoms with Crippen LogP contribution in [0.3, 0.4) is 0 Å². The smallest absolute Gasteiger partial charge is 0.323 e. The van der Waals surface area contributed by atoms with Crippen molar-refractivity contribution in [3.05, 3.63) is 47.5 Å². The normalized spacial score (nSPS) is 21.0. The van der Waals surface area contributed by atoms with E-state index in [0.29, 0.717) is 41.2 Å². The molecule has 0 aliphatic carbocycles. The van der Waals surface area contributed by atoms with E-state index in [4.69, 9.17) is 21.1 Å². The molecule has 0 spiro atoms. The zero-order chi connectivity index (χ0) is 23.0. The van der Waals surface area contributed by atoms with Crippen molar-refractivity contribution in [2.45, 2.75) is 25.0 Å². The summed E-state index contributed by atoms with van der Waals surface area (Å²) in [5, 5.41) is 13.1. The van der Waals surface area contributed by atoms with Crippen LogP contribution in [0.4, 0.5) is 15.9 Å². The maximum absolute atomic E-state index is 14.4. The number of hydrogen-bond donors (Lipinski definition) is 2. The van der Waals surface area contributed by atoms with Gasteiger partial charge in [-0.05, 0) is 32.2 Å². The standard InChI is InChI=1S/C22H22ClFN4O4/c1-22(21(29)30)9-12(10-28(22)2)32-18-7-13-16(8-17(18)31-3)25-11-26-20(13)27-15-6-4-5-14(23)19(15)24/h4-8,11-12H,9-10H2,1-3H3,(H,29,30)(H,25,26,27)/t12-,22+/m0/s1. The van der Waals surface area contributed by atoms with Gasteiger partial charge in [0.25, 0.3) is 0 Å². The molecule has 168 valence electrons. The van der Waals surface area contributed by atoms with Crippen molar-refractivity contribution < 1.29 is 23.8 Å². The minimum absolute atomic E-state index is 0.00844. The van der Waals surface area contributed by atoms with Crippen molar-refractivity contribution in [1.29, 1.82) is 0 Å². The van der Waals surface area contributed by atoms with Crippen molar-refractivity contribution in [3.63, 3.8) is 0 Å². The number of likely N-dealkylation sites (N-methyl/N-ethyl adjacent to an activating group) is 1. The summed E-state index contributed by atoms with van der Waals surface area (Å²) < 4.78 is 26.0. The van der Waals surface area contributed by atoms with Gasteiger partial charge >= 0.3 is 5.97 Å². The molecule has 1 aromatic heterocycles. The third-order valence-corrected chi connectivity index (χ3v) is 6.12. The predicted molar refractivity (Wildman–Crippen MR) is 118 cm³/mol. The summed E-state index contributed by atoms with van der Waals surface area (Å²) in [4.78, 5) is 22.0. The fourth-order valence-electron chi connectivity index (χ4n) is 3.82. The Hall–Kier alpha value is -3.17. The Morgan fingerprint density at radius 3 is 2.81 bits per heavy atom. The summed E-state index contributed by atoms with van der Waals surface area (Å²) in [5.41, 5.74) is -0.284. The molecular weight excluding hydrogens is 439 g/mol. The molecule has 2 heterocycles. The van der Waals surface area contributed by atoms with Crippen LogP contribution in [-0.4, -0.2) is 58.3 Å². The van der Waals surface area contributed by atoms with E-state index in [1.54, 1.807) is 43.1 Å². The van der Waals surface area contributed by atoms with Gasteiger partial charge in [0, 0.05) is 24.4 Å². The number of anilines is 2. The lowest BCUT2D eigenvalue weighted by molar-refractivity contribution is -0.147. The van der Waals surface area contributed by atoms with Gasteiger partial charge in [0.15, 0.2) is 17.3 Å². The third kappa shape index (κ3) is 3.89. The highest BCUT2D eigenvalue weighted by atomic mass is 35.5. The number of carboxylic acids is 1. The molecule has 2 aromatic carbocycles. The minimum Gasteiger partial charge on any atom is -0.493 e. The van der Waals surface area contributed by atoms with E-state index in [9.17, 15) is 14.3 Å². The highest BCUT2D eigenvalue weighted by Gasteiger charge is 2.47. The number of fused-ring (bicyclic) bond motifs is 1. The highest BCUT2D eigenvalue weighted by molar-refractivity contribution is 6.31. The Morgan fingerprint density at radius 1 is 1.34 bits per heavy atom. The Morgan fingerprint density at radius 2 is 2.12 bits per heavy atom. The number of methoxy groups -OCH3 is 1. The van der Waals surface area contributed by atoms with Crippen LogP contribution in [0.5, 0.6) is 11.5 Å². The zero-order valence-electron chi connectivity index (χ0n) is 17.7. The average Bonchev–Trinajstić information content (AvgIpc) is 3.05. The molecule has 0 amide bonds. The maximum Gasteiger partial charge on any atom is 0.323 e. The van der Waals surface area contributed by atoms with Gasteiger partial charge in [0.2, 0.25) is 0 Å². The quantitative estimate of drug-likeness (QED) is 0.567. The average molecular weight is 461 g/mol. The molecule has 1 saturated heterocycles. The number of rotatable bonds is 6. The van der Waals surface area contributed by atoms with Gasteiger partial charge in [-0.25, -0.2) is 14.4 Å². The number of nitrogens with zero attached hydrogens (tertiary/aromatic N) is 3. The molecule has 3 aromatic rings. The number of benzene rings is 2. The first kappa shape index (κ1) is 22.0. The zero-order valence-corrected chi connectivity index (χ0v) is 18.5. The summed E-state index contributed by atoms with van der Waals surface area (Å²) >= 11 is 5.89. The van der Waals surface area contributed by atoms with Crippen molar-refractivity contribution in [2.75, 3.05) is 26.0 Å². The lowest BCUT2D eigenvalue weighted by Crippen LogP contribution is -2.45. The van der Waals surface area contributed by atoms with Crippen LogP contribution in [0.25, 0.3) is 10.9 Å². The first-order valence-electron chi connectivity index (χ1n) is 9.88. The van der Waals surface area contributed by atoms with E-state index >= 15 is 0 Å². The molecule has 2 atom stereocenters. The Bertz CT molecular complexity index is 1190. The van der Waals surface area contributed by atoms with Gasteiger partial charge in [-0.15, -0.1) is 0 Å². The molecule has 1 aliphatic rings. The molecule has 1 fully saturated rings. The summed E-state index contributed by atoms with van der Waals surface area (Å²) in [6.45, 7) is 2.11. The number of carboxylic acid groups (broad SMARTS) is 1. The van der Waals surface area contributed by atoms with Crippen LogP contribution in [0.15, 0.2) is 36.7 Å². The van der Waals surface area contributed by atoms with Gasteiger partial charge in [-0.2, -0.15) is 0 Å². The van der Waals surface area contributed by atoms with Crippen LogP contribution in [-0.2, 0) is 4.79 Å². The number of carbonyl (C=O) groups is 1. The molecule has 0 saturated carbocycles. The number of aliphatic carboxylic acids is 1. The van der Waals surface area contributed by atoms with Crippen LogP contribution >= 0.6 is 11.6 Å². The van der Waals surface area contributed by atoms with E-state index in [0.717, 1.165) is 0 Å². The van der Waals surface area contributed by atoms with Crippen molar-refractivity contribution in [2.24, 2.45) is 0 Å². The van der Waals surface area contributed by atoms with Gasteiger partial charge in [-0.1, -0.05) is 17.7 Å². The summed E-state index contributed by atoms with van der Waals surface area (Å²) in [7, 11) is 3.27. The predicted octanol–water partition coefficient (Wildman–Crippen LogP) is 4.10. The number of aromatic nitrogens is 2. The second kappa shape index (κ2) is 8.40. The minimum atomic E-state index is -1.02. The van der Waals surface area contributed by atoms with Crippen LogP contribution in [0, 0.1) is 5.82 Å². The number of hydrogen-bond acceptors (Lipinski definition) is 7. The van der Waals surface area contributed by atoms with Crippen LogP contribution in [0.2, 0.25) is 5.02 Å². The first-order chi connectivity index (χ1) is 15.2. The lowest BCUT2D eigenvalue weighted by atomic mass is 9.99. The molecule has 1 aliphatic heterocycles. The Kier molecular flexibility index (Phi) is 5.79. The largest absolute Gasteiger partial charge is 0.493 e. The molecule has 32 heavy (non-hydrogen) atoms. The van der Waals surface area contributed by atoms with E-state index in [-0.39, 0.29) is 16.8 Å². The second-order valence-electron chi connectivity index (χ2n) is 7.87. The fourth-order valence-corrected chi connectivity index (χ4v) is 4.00. The van der Waals surface area contributed by atoms with E-state index in [2.05, 4.69) is 15.3 Å². The van der Waals surface area contributed by atoms with Crippen molar-refractivity contribution >= 4 is 40.0 Å². The third-order valence-electron chi connectivity index (χ3n) is 5.82. The summed E-state index contributed by atoms with van der Waals surface area (Å²) in [5.74, 6) is -0.268. The SMILES string of the molecule is COc1cc2ncnc(Nc3cccc(Cl)c3F)c2cc1O[C@@H]1CN(C)[C@@](C)(C(=O)O)C1. The summed E-state index contributed by atoms with van der Waals surface area (Å²) in [6.07, 6.45) is 1.31. The first-order valence-corrected chi connectivity index (χ1v) is 10.3. The van der Waals surface area contributed by atoms with Crippen LogP contribution < -0.4 is 14.8 Å². The monoisotopic (exact) mass is 460 g/mol. The van der Waals surface area contributed by atoms with Gasteiger partial charge in [-0.3, -0.25) is 9.69 Å². The molecule has 4 rings (SSSR count). The van der Waals surface area contributed by atoms with Gasteiger partial charge < -0.3 is 19.9 Å².